The Morgan fingerprint density at radius 2 is 1.30 bits per heavy atom. The molecule has 1 heterocycles. The maximum atomic E-state index is 12.2. The fourth-order valence-electron chi connectivity index (χ4n) is 4.01. The molecule has 156 valence electrons. The van der Waals surface area contributed by atoms with Gasteiger partial charge in [0.05, 0.1) is 6.04 Å². The Labute approximate surface area is 168 Å². The van der Waals surface area contributed by atoms with Gasteiger partial charge in [0.25, 0.3) is 0 Å². The van der Waals surface area contributed by atoms with Crippen LogP contribution in [0.25, 0.3) is 0 Å². The zero-order valence-corrected chi connectivity index (χ0v) is 18.2. The zero-order chi connectivity index (χ0) is 19.9. The van der Waals surface area contributed by atoms with Crippen LogP contribution in [0.3, 0.4) is 0 Å². The molecule has 0 saturated carbocycles. The first kappa shape index (κ1) is 23.9. The number of allylic oxidation sites excluding steroid dienone is 1. The Balaban J connectivity index is 2.42. The van der Waals surface area contributed by atoms with Crippen LogP contribution >= 0.6 is 0 Å². The lowest BCUT2D eigenvalue weighted by atomic mass is 9.98. The molecule has 1 fully saturated rings. The number of rotatable bonds is 16. The van der Waals surface area contributed by atoms with Crippen molar-refractivity contribution in [2.45, 2.75) is 130 Å². The number of nitrogens with zero attached hydrogens (tertiary/aromatic N) is 1. The minimum Gasteiger partial charge on any atom is -0.275 e. The van der Waals surface area contributed by atoms with Gasteiger partial charge in [-0.15, -0.1) is 0 Å². The maximum absolute atomic E-state index is 12.2. The van der Waals surface area contributed by atoms with Gasteiger partial charge in [-0.1, -0.05) is 96.1 Å². The van der Waals surface area contributed by atoms with Crippen LogP contribution in [0.1, 0.15) is 124 Å². The second kappa shape index (κ2) is 14.9. The highest BCUT2D eigenvalue weighted by Gasteiger charge is 2.35. The highest BCUT2D eigenvalue weighted by molar-refractivity contribution is 6.02. The summed E-state index contributed by atoms with van der Waals surface area (Å²) in [6.45, 7) is 6.59. The van der Waals surface area contributed by atoms with Crippen LogP contribution in [0.5, 0.6) is 0 Å². The molecule has 0 spiro atoms. The van der Waals surface area contributed by atoms with Crippen LogP contribution in [0, 0.1) is 0 Å². The van der Waals surface area contributed by atoms with Gasteiger partial charge in [0.2, 0.25) is 11.8 Å². The molecule has 2 amide bonds. The molecular formula is C24H43NO2. The van der Waals surface area contributed by atoms with Crippen molar-refractivity contribution in [3.05, 3.63) is 11.6 Å². The smallest absolute Gasteiger partial charge is 0.230 e. The number of carbonyl (C=O) groups excluding carboxylic acids is 2. The molecule has 1 aliphatic rings. The molecule has 0 bridgehead atoms. The molecule has 1 rings (SSSR count). The van der Waals surface area contributed by atoms with Crippen molar-refractivity contribution in [3.8, 4) is 0 Å². The number of hydrogen-bond acceptors (Lipinski definition) is 2. The van der Waals surface area contributed by atoms with Crippen molar-refractivity contribution in [1.82, 2.24) is 4.90 Å². The van der Waals surface area contributed by atoms with E-state index >= 15 is 0 Å². The molecule has 27 heavy (non-hydrogen) atoms. The van der Waals surface area contributed by atoms with E-state index in [4.69, 9.17) is 0 Å². The quantitative estimate of drug-likeness (QED) is 0.166. The Morgan fingerprint density at radius 1 is 0.815 bits per heavy atom. The summed E-state index contributed by atoms with van der Waals surface area (Å²) in [6, 6.07) is -0.00148. The lowest BCUT2D eigenvalue weighted by molar-refractivity contribution is -0.140. The van der Waals surface area contributed by atoms with E-state index in [1.54, 1.807) is 4.90 Å². The Hall–Kier alpha value is -1.12. The molecule has 0 aliphatic carbocycles. The van der Waals surface area contributed by atoms with Crippen molar-refractivity contribution in [2.24, 2.45) is 0 Å². The number of hydrogen-bond donors (Lipinski definition) is 0. The van der Waals surface area contributed by atoms with Gasteiger partial charge in [-0.25, -0.2) is 0 Å². The SMILES string of the molecule is CCCCCCCCCC/C=C(\C)C(CCCCCC)N1C(=O)CCC1=O. The summed E-state index contributed by atoms with van der Waals surface area (Å²) in [5, 5.41) is 0. The summed E-state index contributed by atoms with van der Waals surface area (Å²) in [6.07, 6.45) is 20.5. The van der Waals surface area contributed by atoms with E-state index in [0.717, 1.165) is 19.3 Å². The van der Waals surface area contributed by atoms with Gasteiger partial charge < -0.3 is 0 Å². The van der Waals surface area contributed by atoms with E-state index in [2.05, 4.69) is 26.8 Å². The van der Waals surface area contributed by atoms with Gasteiger partial charge in [-0.05, 0) is 26.2 Å². The monoisotopic (exact) mass is 377 g/mol. The van der Waals surface area contributed by atoms with E-state index in [9.17, 15) is 9.59 Å². The predicted octanol–water partition coefficient (Wildman–Crippen LogP) is 6.95. The molecular weight excluding hydrogens is 334 g/mol. The van der Waals surface area contributed by atoms with Crippen molar-refractivity contribution < 1.29 is 9.59 Å². The Kier molecular flexibility index (Phi) is 13.2. The molecule has 0 aromatic carbocycles. The second-order valence-electron chi connectivity index (χ2n) is 8.23. The van der Waals surface area contributed by atoms with E-state index in [-0.39, 0.29) is 17.9 Å². The summed E-state index contributed by atoms with van der Waals surface area (Å²) in [4.78, 5) is 26.0. The molecule has 1 unspecified atom stereocenters. The average molecular weight is 378 g/mol. The summed E-state index contributed by atoms with van der Waals surface area (Å²) in [5.41, 5.74) is 1.22. The summed E-state index contributed by atoms with van der Waals surface area (Å²) < 4.78 is 0. The lowest BCUT2D eigenvalue weighted by Gasteiger charge is -2.27. The number of likely N-dealkylation sites (tertiary alicyclic amines) is 1. The first-order valence-corrected chi connectivity index (χ1v) is 11.6. The molecule has 0 aromatic heterocycles. The summed E-state index contributed by atoms with van der Waals surface area (Å²) in [7, 11) is 0. The van der Waals surface area contributed by atoms with Gasteiger partial charge in [0.1, 0.15) is 0 Å². The predicted molar refractivity (Wildman–Crippen MR) is 115 cm³/mol. The van der Waals surface area contributed by atoms with Crippen LogP contribution in [-0.2, 0) is 9.59 Å². The van der Waals surface area contributed by atoms with Crippen molar-refractivity contribution in [3.63, 3.8) is 0 Å². The first-order valence-electron chi connectivity index (χ1n) is 11.6. The third-order valence-corrected chi connectivity index (χ3v) is 5.78. The third-order valence-electron chi connectivity index (χ3n) is 5.78. The van der Waals surface area contributed by atoms with E-state index in [1.165, 1.54) is 76.2 Å². The standard InChI is InChI=1S/C24H43NO2/c1-4-6-8-10-11-12-13-14-15-17-21(3)22(18-16-9-7-5-2)25-23(26)19-20-24(25)27/h17,22H,4-16,18-20H2,1-3H3/b21-17+. The molecule has 3 heteroatoms. The van der Waals surface area contributed by atoms with Gasteiger partial charge >= 0.3 is 0 Å². The Bertz CT molecular complexity index is 439. The Morgan fingerprint density at radius 3 is 1.85 bits per heavy atom. The molecule has 0 N–H and O–H groups in total. The third kappa shape index (κ3) is 9.58. The fourth-order valence-corrected chi connectivity index (χ4v) is 4.01. The molecule has 1 saturated heterocycles. The number of amides is 2. The fraction of sp³-hybridized carbons (Fsp3) is 0.833. The van der Waals surface area contributed by atoms with E-state index < -0.39 is 0 Å². The van der Waals surface area contributed by atoms with Gasteiger partial charge in [-0.3, -0.25) is 14.5 Å². The van der Waals surface area contributed by atoms with Gasteiger partial charge in [0, 0.05) is 12.8 Å². The second-order valence-corrected chi connectivity index (χ2v) is 8.23. The number of imide groups is 1. The van der Waals surface area contributed by atoms with Gasteiger partial charge in [-0.2, -0.15) is 0 Å². The lowest BCUT2D eigenvalue weighted by Crippen LogP contribution is -2.40. The minimum absolute atomic E-state index is 0.00148. The normalized spacial score (nSPS) is 16.4. The molecule has 1 aliphatic heterocycles. The van der Waals surface area contributed by atoms with Crippen molar-refractivity contribution in [1.29, 1.82) is 0 Å². The van der Waals surface area contributed by atoms with Crippen LogP contribution in [0.4, 0.5) is 0 Å². The summed E-state index contributed by atoms with van der Waals surface area (Å²) in [5.74, 6) is 0.0561. The van der Waals surface area contributed by atoms with Crippen LogP contribution in [0.2, 0.25) is 0 Å². The molecule has 0 aromatic rings. The highest BCUT2D eigenvalue weighted by Crippen LogP contribution is 2.25. The molecule has 1 atom stereocenters. The number of carbonyl (C=O) groups is 2. The number of unbranched alkanes of at least 4 members (excludes halogenated alkanes) is 11. The molecule has 3 nitrogen and oxygen atoms in total. The van der Waals surface area contributed by atoms with Crippen LogP contribution in [0.15, 0.2) is 11.6 Å². The zero-order valence-electron chi connectivity index (χ0n) is 18.2. The van der Waals surface area contributed by atoms with Crippen molar-refractivity contribution >= 4 is 11.8 Å². The maximum Gasteiger partial charge on any atom is 0.230 e. The first-order chi connectivity index (χ1) is 13.1. The highest BCUT2D eigenvalue weighted by atomic mass is 16.2. The van der Waals surface area contributed by atoms with Crippen LogP contribution < -0.4 is 0 Å². The van der Waals surface area contributed by atoms with Crippen molar-refractivity contribution in [2.75, 3.05) is 0 Å². The minimum atomic E-state index is -0.00148. The largest absolute Gasteiger partial charge is 0.275 e. The van der Waals surface area contributed by atoms with Gasteiger partial charge in [0.15, 0.2) is 0 Å². The summed E-state index contributed by atoms with van der Waals surface area (Å²) >= 11 is 0. The topological polar surface area (TPSA) is 37.4 Å². The van der Waals surface area contributed by atoms with E-state index in [0.29, 0.717) is 12.8 Å². The van der Waals surface area contributed by atoms with Crippen LogP contribution in [-0.4, -0.2) is 22.8 Å². The van der Waals surface area contributed by atoms with E-state index in [1.807, 2.05) is 0 Å². The average Bonchev–Trinajstić information content (AvgIpc) is 2.99. The molecule has 0 radical (unpaired) electrons.